The molecule has 0 bridgehead atoms. The predicted molar refractivity (Wildman–Crippen MR) is 78.8 cm³/mol. The zero-order valence-electron chi connectivity index (χ0n) is 12.0. The maximum Gasteiger partial charge on any atom is 0.289 e. The molecule has 7 nitrogen and oxygen atoms in total. The molecule has 0 unspecified atom stereocenters. The number of piperidine rings is 1. The number of aryl methyl sites for hydroxylation is 2. The van der Waals surface area contributed by atoms with Crippen molar-refractivity contribution in [2.45, 2.75) is 37.6 Å². The third-order valence-corrected chi connectivity index (χ3v) is 5.23. The van der Waals surface area contributed by atoms with E-state index in [0.717, 1.165) is 19.4 Å². The van der Waals surface area contributed by atoms with Crippen LogP contribution < -0.4 is 10.0 Å². The fraction of sp³-hybridized carbons (Fsp3) is 0.538. The van der Waals surface area contributed by atoms with Gasteiger partial charge in [0.05, 0.1) is 4.92 Å². The molecular weight excluding hydrogens is 294 g/mol. The monoisotopic (exact) mass is 313 g/mol. The lowest BCUT2D eigenvalue weighted by atomic mass is 10.1. The molecule has 0 radical (unpaired) electrons. The quantitative estimate of drug-likeness (QED) is 0.643. The van der Waals surface area contributed by atoms with E-state index in [1.54, 1.807) is 13.8 Å². The molecule has 1 saturated heterocycles. The van der Waals surface area contributed by atoms with Crippen LogP contribution >= 0.6 is 0 Å². The van der Waals surface area contributed by atoms with E-state index in [1.165, 1.54) is 12.1 Å². The van der Waals surface area contributed by atoms with Gasteiger partial charge in [0.15, 0.2) is 4.90 Å². The Balaban J connectivity index is 2.38. The van der Waals surface area contributed by atoms with Crippen molar-refractivity contribution in [1.29, 1.82) is 0 Å². The highest BCUT2D eigenvalue weighted by atomic mass is 32.2. The Kier molecular flexibility index (Phi) is 4.60. The zero-order chi connectivity index (χ0) is 15.6. The van der Waals surface area contributed by atoms with E-state index >= 15 is 0 Å². The highest BCUT2D eigenvalue weighted by molar-refractivity contribution is 7.89. The van der Waals surface area contributed by atoms with Gasteiger partial charge in [0.1, 0.15) is 0 Å². The summed E-state index contributed by atoms with van der Waals surface area (Å²) in [5, 5.41) is 14.2. The molecule has 0 spiro atoms. The van der Waals surface area contributed by atoms with Crippen LogP contribution in [0.5, 0.6) is 0 Å². The van der Waals surface area contributed by atoms with Crippen LogP contribution in [0, 0.1) is 24.0 Å². The Morgan fingerprint density at radius 1 is 1.33 bits per heavy atom. The van der Waals surface area contributed by atoms with Gasteiger partial charge in [-0.15, -0.1) is 0 Å². The lowest BCUT2D eigenvalue weighted by Crippen LogP contribution is -2.45. The molecule has 2 rings (SSSR count). The van der Waals surface area contributed by atoms with Crippen molar-refractivity contribution in [3.8, 4) is 0 Å². The number of hydrogen-bond donors (Lipinski definition) is 2. The first-order valence-corrected chi connectivity index (χ1v) is 8.28. The third-order valence-electron chi connectivity index (χ3n) is 3.68. The first kappa shape index (κ1) is 15.9. The number of nitro groups is 1. The molecule has 1 aromatic rings. The van der Waals surface area contributed by atoms with Gasteiger partial charge in [-0.1, -0.05) is 0 Å². The molecule has 8 heteroatoms. The highest BCUT2D eigenvalue weighted by Gasteiger charge is 2.29. The Morgan fingerprint density at radius 2 is 2.00 bits per heavy atom. The van der Waals surface area contributed by atoms with Crippen molar-refractivity contribution in [3.05, 3.63) is 33.4 Å². The molecular formula is C13H19N3O4S. The van der Waals surface area contributed by atoms with E-state index in [0.29, 0.717) is 17.7 Å². The van der Waals surface area contributed by atoms with Crippen molar-refractivity contribution in [2.24, 2.45) is 0 Å². The number of rotatable bonds is 4. The number of nitrogens with one attached hydrogen (secondary N) is 2. The molecule has 116 valence electrons. The first-order valence-electron chi connectivity index (χ1n) is 6.80. The second-order valence-electron chi connectivity index (χ2n) is 5.33. The van der Waals surface area contributed by atoms with Crippen LogP contribution in [0.15, 0.2) is 17.0 Å². The minimum absolute atomic E-state index is 0.232. The van der Waals surface area contributed by atoms with Crippen LogP contribution in [-0.2, 0) is 10.0 Å². The van der Waals surface area contributed by atoms with E-state index in [2.05, 4.69) is 10.0 Å². The number of nitrogens with zero attached hydrogens (tertiary/aromatic N) is 1. The van der Waals surface area contributed by atoms with Gasteiger partial charge in [-0.3, -0.25) is 10.1 Å². The Morgan fingerprint density at radius 3 is 2.57 bits per heavy atom. The summed E-state index contributed by atoms with van der Waals surface area (Å²) in [7, 11) is -3.91. The van der Waals surface area contributed by atoms with Crippen molar-refractivity contribution in [3.63, 3.8) is 0 Å². The molecule has 0 aliphatic carbocycles. The average molecular weight is 313 g/mol. The SMILES string of the molecule is Cc1cc([N+](=O)[O-])c(S(=O)(=O)N[C@H]2CCCNC2)cc1C. The first-order chi connectivity index (χ1) is 9.81. The van der Waals surface area contributed by atoms with E-state index in [4.69, 9.17) is 0 Å². The number of sulfonamides is 1. The number of hydrogen-bond acceptors (Lipinski definition) is 5. The third kappa shape index (κ3) is 3.58. The van der Waals surface area contributed by atoms with Crippen LogP contribution in [0.1, 0.15) is 24.0 Å². The summed E-state index contributed by atoms with van der Waals surface area (Å²) >= 11 is 0. The molecule has 1 aliphatic rings. The fourth-order valence-electron chi connectivity index (χ4n) is 2.37. The summed E-state index contributed by atoms with van der Waals surface area (Å²) in [5.74, 6) is 0. The van der Waals surface area contributed by atoms with E-state index < -0.39 is 14.9 Å². The van der Waals surface area contributed by atoms with Crippen molar-refractivity contribution in [2.75, 3.05) is 13.1 Å². The largest absolute Gasteiger partial charge is 0.315 e. The van der Waals surface area contributed by atoms with Crippen molar-refractivity contribution in [1.82, 2.24) is 10.0 Å². The minimum atomic E-state index is -3.91. The molecule has 2 N–H and O–H groups in total. The molecule has 0 saturated carbocycles. The lowest BCUT2D eigenvalue weighted by Gasteiger charge is -2.23. The number of benzene rings is 1. The Bertz CT molecular complexity index is 652. The van der Waals surface area contributed by atoms with Gasteiger partial charge in [0.25, 0.3) is 5.69 Å². The van der Waals surface area contributed by atoms with Crippen LogP contribution in [-0.4, -0.2) is 32.5 Å². The summed E-state index contributed by atoms with van der Waals surface area (Å²) in [6, 6.07) is 2.44. The molecule has 1 aliphatic heterocycles. The standard InChI is InChI=1S/C13H19N3O4S/c1-9-6-12(16(17)18)13(7-10(9)2)21(19,20)15-11-4-3-5-14-8-11/h6-7,11,14-15H,3-5,8H2,1-2H3/t11-/m0/s1. The second-order valence-corrected chi connectivity index (χ2v) is 7.01. The lowest BCUT2D eigenvalue weighted by molar-refractivity contribution is -0.387. The van der Waals surface area contributed by atoms with Gasteiger partial charge >= 0.3 is 0 Å². The van der Waals surface area contributed by atoms with E-state index in [9.17, 15) is 18.5 Å². The summed E-state index contributed by atoms with van der Waals surface area (Å²) < 4.78 is 27.5. The van der Waals surface area contributed by atoms with Gasteiger partial charge < -0.3 is 5.32 Å². The predicted octanol–water partition coefficient (Wildman–Crippen LogP) is 1.24. The van der Waals surface area contributed by atoms with E-state index in [-0.39, 0.29) is 16.6 Å². The van der Waals surface area contributed by atoms with Gasteiger partial charge in [0.2, 0.25) is 10.0 Å². The van der Waals surface area contributed by atoms with Crippen LogP contribution in [0.2, 0.25) is 0 Å². The molecule has 21 heavy (non-hydrogen) atoms. The van der Waals surface area contributed by atoms with Gasteiger partial charge in [-0.05, 0) is 50.4 Å². The summed E-state index contributed by atoms with van der Waals surface area (Å²) in [5.41, 5.74) is 1.03. The zero-order valence-corrected chi connectivity index (χ0v) is 12.9. The molecule has 1 atom stereocenters. The van der Waals surface area contributed by atoms with Crippen LogP contribution in [0.4, 0.5) is 5.69 Å². The Hall–Kier alpha value is -1.51. The normalized spacial score (nSPS) is 19.4. The summed E-state index contributed by atoms with van der Waals surface area (Å²) in [6.07, 6.45) is 1.60. The number of nitro benzene ring substituents is 1. The van der Waals surface area contributed by atoms with Crippen LogP contribution in [0.3, 0.4) is 0 Å². The van der Waals surface area contributed by atoms with E-state index in [1.807, 2.05) is 0 Å². The maximum absolute atomic E-state index is 12.4. The van der Waals surface area contributed by atoms with Crippen molar-refractivity contribution >= 4 is 15.7 Å². The second kappa shape index (κ2) is 6.08. The molecule has 0 amide bonds. The molecule has 1 fully saturated rings. The van der Waals surface area contributed by atoms with Crippen molar-refractivity contribution < 1.29 is 13.3 Å². The van der Waals surface area contributed by atoms with Crippen LogP contribution in [0.25, 0.3) is 0 Å². The maximum atomic E-state index is 12.4. The van der Waals surface area contributed by atoms with Gasteiger partial charge in [0, 0.05) is 18.7 Å². The summed E-state index contributed by atoms with van der Waals surface area (Å²) in [4.78, 5) is 10.2. The Labute approximate surface area is 123 Å². The minimum Gasteiger partial charge on any atom is -0.315 e. The highest BCUT2D eigenvalue weighted by Crippen LogP contribution is 2.27. The van der Waals surface area contributed by atoms with Gasteiger partial charge in [-0.2, -0.15) is 0 Å². The topological polar surface area (TPSA) is 101 Å². The average Bonchev–Trinajstić information content (AvgIpc) is 2.41. The van der Waals surface area contributed by atoms with Gasteiger partial charge in [-0.25, -0.2) is 13.1 Å². The molecule has 1 heterocycles. The molecule has 1 aromatic carbocycles. The summed E-state index contributed by atoms with van der Waals surface area (Å²) in [6.45, 7) is 4.86. The molecule has 0 aromatic heterocycles. The fourth-order valence-corrected chi connectivity index (χ4v) is 3.88. The smallest absolute Gasteiger partial charge is 0.289 e.